The predicted molar refractivity (Wildman–Crippen MR) is 94.9 cm³/mol. The zero-order valence-electron chi connectivity index (χ0n) is 15.3. The summed E-state index contributed by atoms with van der Waals surface area (Å²) in [6, 6.07) is 3.92. The maximum atomic E-state index is 12.6. The quantitative estimate of drug-likeness (QED) is 0.780. The molecule has 9 nitrogen and oxygen atoms in total. The fraction of sp³-hybridized carbons (Fsp3) is 0.444. The van der Waals surface area contributed by atoms with Crippen molar-refractivity contribution >= 4 is 11.9 Å². The summed E-state index contributed by atoms with van der Waals surface area (Å²) in [7, 11) is 0. The second kappa shape index (κ2) is 8.07. The van der Waals surface area contributed by atoms with Gasteiger partial charge in [0.05, 0.1) is 19.4 Å². The van der Waals surface area contributed by atoms with Gasteiger partial charge in [-0.2, -0.15) is 0 Å². The summed E-state index contributed by atoms with van der Waals surface area (Å²) >= 11 is 0. The minimum atomic E-state index is -1.17. The van der Waals surface area contributed by atoms with Gasteiger partial charge in [0.15, 0.2) is 17.2 Å². The van der Waals surface area contributed by atoms with Crippen LogP contribution in [0, 0.1) is 0 Å². The number of carboxylic acid groups (broad SMARTS) is 1. The highest BCUT2D eigenvalue weighted by atomic mass is 16.5. The predicted octanol–water partition coefficient (Wildman–Crippen LogP) is 1.36. The van der Waals surface area contributed by atoms with Gasteiger partial charge < -0.3 is 19.5 Å². The molecular formula is C18H22N4O5. The van der Waals surface area contributed by atoms with Gasteiger partial charge in [-0.25, -0.2) is 9.48 Å². The third-order valence-corrected chi connectivity index (χ3v) is 4.29. The van der Waals surface area contributed by atoms with Crippen LogP contribution in [0.1, 0.15) is 35.5 Å². The Morgan fingerprint density at radius 3 is 2.41 bits per heavy atom. The van der Waals surface area contributed by atoms with Gasteiger partial charge in [0.2, 0.25) is 5.91 Å². The van der Waals surface area contributed by atoms with E-state index in [-0.39, 0.29) is 18.1 Å². The first kappa shape index (κ1) is 18.7. The van der Waals surface area contributed by atoms with Crippen LogP contribution in [0.25, 0.3) is 0 Å². The Bertz CT molecular complexity index is 848. The third-order valence-electron chi connectivity index (χ3n) is 4.29. The molecule has 0 bridgehead atoms. The number of nitrogens with zero attached hydrogens (tertiary/aromatic N) is 4. The molecular weight excluding hydrogens is 352 g/mol. The fourth-order valence-electron chi connectivity index (χ4n) is 3.03. The van der Waals surface area contributed by atoms with E-state index < -0.39 is 5.97 Å². The molecule has 0 radical (unpaired) electrons. The molecule has 0 spiro atoms. The number of fused-ring (bicyclic) bond motifs is 1. The lowest BCUT2D eigenvalue weighted by Crippen LogP contribution is -2.38. The van der Waals surface area contributed by atoms with Crippen molar-refractivity contribution in [1.29, 1.82) is 0 Å². The van der Waals surface area contributed by atoms with E-state index in [4.69, 9.17) is 14.6 Å². The highest BCUT2D eigenvalue weighted by Crippen LogP contribution is 2.34. The van der Waals surface area contributed by atoms with Crippen molar-refractivity contribution in [2.45, 2.75) is 33.4 Å². The first-order chi connectivity index (χ1) is 13.0. The Morgan fingerprint density at radius 2 is 1.81 bits per heavy atom. The molecule has 1 aromatic heterocycles. The number of rotatable bonds is 7. The van der Waals surface area contributed by atoms with E-state index >= 15 is 0 Å². The molecule has 27 heavy (non-hydrogen) atoms. The molecule has 0 aliphatic carbocycles. The Morgan fingerprint density at radius 1 is 1.15 bits per heavy atom. The van der Waals surface area contributed by atoms with Crippen LogP contribution in [0.15, 0.2) is 18.3 Å². The van der Waals surface area contributed by atoms with Crippen molar-refractivity contribution in [2.24, 2.45) is 0 Å². The number of benzene rings is 1. The minimum Gasteiger partial charge on any atom is -0.490 e. The van der Waals surface area contributed by atoms with Crippen LogP contribution >= 0.6 is 0 Å². The van der Waals surface area contributed by atoms with E-state index in [2.05, 4.69) is 10.3 Å². The average Bonchev–Trinajstić information content (AvgIpc) is 3.11. The molecule has 1 amide bonds. The molecule has 1 aliphatic heterocycles. The summed E-state index contributed by atoms with van der Waals surface area (Å²) in [5, 5.41) is 16.1. The van der Waals surface area contributed by atoms with Gasteiger partial charge in [-0.1, -0.05) is 5.21 Å². The maximum Gasteiger partial charge on any atom is 0.358 e. The molecule has 0 fully saturated rings. The van der Waals surface area contributed by atoms with Gasteiger partial charge >= 0.3 is 5.97 Å². The van der Waals surface area contributed by atoms with Crippen LogP contribution in [0.4, 0.5) is 0 Å². The number of carbonyl (C=O) groups is 2. The molecule has 0 unspecified atom stereocenters. The second-order valence-corrected chi connectivity index (χ2v) is 6.11. The number of ether oxygens (including phenoxy) is 2. The molecule has 144 valence electrons. The topological polar surface area (TPSA) is 107 Å². The Hall–Kier alpha value is -3.10. The fourth-order valence-corrected chi connectivity index (χ4v) is 3.03. The summed E-state index contributed by atoms with van der Waals surface area (Å²) < 4.78 is 12.6. The first-order valence-electron chi connectivity index (χ1n) is 8.84. The number of aromatic nitrogens is 3. The van der Waals surface area contributed by atoms with Gasteiger partial charge in [0, 0.05) is 13.1 Å². The lowest BCUT2D eigenvalue weighted by atomic mass is 9.98. The van der Waals surface area contributed by atoms with Gasteiger partial charge in [0.1, 0.15) is 6.54 Å². The normalized spacial score (nSPS) is 13.2. The number of hydrogen-bond donors (Lipinski definition) is 1. The van der Waals surface area contributed by atoms with Crippen molar-refractivity contribution in [3.8, 4) is 11.5 Å². The average molecular weight is 374 g/mol. The summed E-state index contributed by atoms with van der Waals surface area (Å²) in [6.45, 7) is 5.90. The van der Waals surface area contributed by atoms with Crippen molar-refractivity contribution in [2.75, 3.05) is 19.8 Å². The molecule has 3 rings (SSSR count). The van der Waals surface area contributed by atoms with Gasteiger partial charge in [-0.05, 0) is 43.5 Å². The Balaban J connectivity index is 1.73. The van der Waals surface area contributed by atoms with Crippen LogP contribution in [-0.2, 0) is 24.3 Å². The van der Waals surface area contributed by atoms with Crippen LogP contribution in [0.2, 0.25) is 0 Å². The number of hydrogen-bond acceptors (Lipinski definition) is 6. The first-order valence-corrected chi connectivity index (χ1v) is 8.84. The number of carboxylic acids is 1. The Kier molecular flexibility index (Phi) is 5.58. The van der Waals surface area contributed by atoms with E-state index in [1.807, 2.05) is 26.0 Å². The van der Waals surface area contributed by atoms with Crippen LogP contribution < -0.4 is 9.47 Å². The van der Waals surface area contributed by atoms with E-state index in [9.17, 15) is 9.59 Å². The summed E-state index contributed by atoms with van der Waals surface area (Å²) in [6.07, 6.45) is 1.96. The molecule has 0 atom stereocenters. The maximum absolute atomic E-state index is 12.6. The largest absolute Gasteiger partial charge is 0.490 e. The lowest BCUT2D eigenvalue weighted by molar-refractivity contribution is -0.133. The van der Waals surface area contributed by atoms with Gasteiger partial charge in [-0.3, -0.25) is 4.79 Å². The second-order valence-electron chi connectivity index (χ2n) is 6.11. The molecule has 2 heterocycles. The monoisotopic (exact) mass is 374 g/mol. The number of carbonyl (C=O) groups excluding carboxylic acids is 1. The van der Waals surface area contributed by atoms with Crippen molar-refractivity contribution in [1.82, 2.24) is 19.9 Å². The van der Waals surface area contributed by atoms with Crippen molar-refractivity contribution in [3.05, 3.63) is 35.2 Å². The Labute approximate surface area is 156 Å². The molecule has 0 saturated heterocycles. The SMILES string of the molecule is CCOc1cc2c(cc1OCC)CN(C(=O)Cn1cc(C(=O)O)nn1)CC2. The van der Waals surface area contributed by atoms with Crippen LogP contribution in [0.3, 0.4) is 0 Å². The van der Waals surface area contributed by atoms with Gasteiger partial charge in [-0.15, -0.1) is 5.10 Å². The zero-order chi connectivity index (χ0) is 19.4. The molecule has 1 aromatic carbocycles. The van der Waals surface area contributed by atoms with Crippen LogP contribution in [-0.4, -0.2) is 56.6 Å². The molecule has 1 aliphatic rings. The molecule has 1 N–H and O–H groups in total. The highest BCUT2D eigenvalue weighted by Gasteiger charge is 2.23. The number of aromatic carboxylic acids is 1. The summed E-state index contributed by atoms with van der Waals surface area (Å²) in [5.41, 5.74) is 1.97. The standard InChI is InChI=1S/C18H22N4O5/c1-3-26-15-7-12-5-6-21(9-13(12)8-16(15)27-4-2)17(23)11-22-10-14(18(24)25)19-20-22/h7-8,10H,3-6,9,11H2,1-2H3,(H,24,25). The smallest absolute Gasteiger partial charge is 0.358 e. The molecule has 9 heteroatoms. The minimum absolute atomic E-state index is 0.0506. The zero-order valence-corrected chi connectivity index (χ0v) is 15.3. The van der Waals surface area contributed by atoms with E-state index in [1.165, 1.54) is 10.9 Å². The van der Waals surface area contributed by atoms with E-state index in [0.29, 0.717) is 38.5 Å². The summed E-state index contributed by atoms with van der Waals surface area (Å²) in [5.74, 6) is 0.0833. The van der Waals surface area contributed by atoms with Crippen LogP contribution in [0.5, 0.6) is 11.5 Å². The van der Waals surface area contributed by atoms with E-state index in [1.54, 1.807) is 4.90 Å². The van der Waals surface area contributed by atoms with E-state index in [0.717, 1.165) is 16.9 Å². The molecule has 2 aromatic rings. The van der Waals surface area contributed by atoms with Crippen molar-refractivity contribution < 1.29 is 24.2 Å². The van der Waals surface area contributed by atoms with Crippen molar-refractivity contribution in [3.63, 3.8) is 0 Å². The third kappa shape index (κ3) is 4.18. The van der Waals surface area contributed by atoms with Gasteiger partial charge in [0.25, 0.3) is 0 Å². The summed E-state index contributed by atoms with van der Waals surface area (Å²) in [4.78, 5) is 25.2. The number of amides is 1. The lowest BCUT2D eigenvalue weighted by Gasteiger charge is -2.29. The highest BCUT2D eigenvalue weighted by molar-refractivity contribution is 5.84. The molecule has 0 saturated carbocycles.